The van der Waals surface area contributed by atoms with E-state index in [1.165, 1.54) is 5.56 Å². The van der Waals surface area contributed by atoms with E-state index in [0.717, 1.165) is 28.8 Å². The summed E-state index contributed by atoms with van der Waals surface area (Å²) < 4.78 is 16.7. The monoisotopic (exact) mass is 430 g/mol. The van der Waals surface area contributed by atoms with E-state index < -0.39 is 5.92 Å². The van der Waals surface area contributed by atoms with Gasteiger partial charge in [-0.1, -0.05) is 44.2 Å². The largest absolute Gasteiger partial charge is 0.497 e. The van der Waals surface area contributed by atoms with Crippen LogP contribution in [0.15, 0.2) is 53.9 Å². The predicted octanol–water partition coefficient (Wildman–Crippen LogP) is 4.51. The first-order chi connectivity index (χ1) is 15.5. The Balaban J connectivity index is 1.87. The second kappa shape index (κ2) is 8.67. The lowest BCUT2D eigenvalue weighted by molar-refractivity contribution is 0.373. The van der Waals surface area contributed by atoms with E-state index in [0.29, 0.717) is 28.9 Å². The van der Waals surface area contributed by atoms with E-state index in [-0.39, 0.29) is 5.88 Å². The molecule has 7 nitrogen and oxygen atoms in total. The fourth-order valence-corrected chi connectivity index (χ4v) is 4.11. The Hall–Kier alpha value is -3.92. The minimum atomic E-state index is -0.506. The van der Waals surface area contributed by atoms with E-state index in [1.54, 1.807) is 20.3 Å². The number of nitrogens with zero attached hydrogens (tertiary/aromatic N) is 2. The number of aromatic amines is 1. The second-order valence-corrected chi connectivity index (χ2v) is 8.15. The van der Waals surface area contributed by atoms with Crippen molar-refractivity contribution >= 4 is 0 Å². The molecule has 0 amide bonds. The van der Waals surface area contributed by atoms with Gasteiger partial charge >= 0.3 is 0 Å². The molecule has 1 atom stereocenters. The van der Waals surface area contributed by atoms with E-state index >= 15 is 0 Å². The van der Waals surface area contributed by atoms with E-state index in [9.17, 15) is 5.26 Å². The minimum absolute atomic E-state index is 0.0354. The maximum absolute atomic E-state index is 9.94. The zero-order chi connectivity index (χ0) is 22.8. The summed E-state index contributed by atoms with van der Waals surface area (Å²) in [6, 6.07) is 16.1. The van der Waals surface area contributed by atoms with Crippen LogP contribution >= 0.6 is 0 Å². The number of fused-ring (bicyclic) bond motifs is 1. The standard InChI is InChI=1S/C25H26N4O3/c1-14(2)11-15-5-7-16(8-6-15)23-22-21(18-10-9-17(30-3)12-20(18)31-4)19(13-26)24(27)32-25(22)29-28-23/h5-10,12,14,21H,11,27H2,1-4H3,(H,28,29)/t21-/m0/s1. The summed E-state index contributed by atoms with van der Waals surface area (Å²) in [5.74, 6) is 1.70. The SMILES string of the molecule is COc1ccc([C@H]2C(C#N)=C(N)Oc3n[nH]c(-c4ccc(CC(C)C)cc4)c32)c(OC)c1. The minimum Gasteiger partial charge on any atom is -0.497 e. The highest BCUT2D eigenvalue weighted by Gasteiger charge is 2.37. The molecule has 0 saturated carbocycles. The lowest BCUT2D eigenvalue weighted by Gasteiger charge is -2.25. The normalized spacial score (nSPS) is 15.2. The zero-order valence-electron chi connectivity index (χ0n) is 18.6. The van der Waals surface area contributed by atoms with Crippen molar-refractivity contribution in [3.8, 4) is 34.7 Å². The average molecular weight is 431 g/mol. The molecule has 1 aromatic heterocycles. The van der Waals surface area contributed by atoms with Crippen molar-refractivity contribution in [2.24, 2.45) is 11.7 Å². The van der Waals surface area contributed by atoms with Crippen LogP contribution in [-0.4, -0.2) is 24.4 Å². The van der Waals surface area contributed by atoms with Crippen LogP contribution in [0.1, 0.15) is 36.5 Å². The summed E-state index contributed by atoms with van der Waals surface area (Å²) in [6.07, 6.45) is 1.01. The van der Waals surface area contributed by atoms with E-state index in [1.807, 2.05) is 12.1 Å². The van der Waals surface area contributed by atoms with Crippen LogP contribution in [0, 0.1) is 17.2 Å². The molecule has 0 radical (unpaired) electrons. The highest BCUT2D eigenvalue weighted by Crippen LogP contribution is 2.48. The van der Waals surface area contributed by atoms with E-state index in [2.05, 4.69) is 54.4 Å². The molecule has 0 spiro atoms. The number of nitriles is 1. The first-order valence-corrected chi connectivity index (χ1v) is 10.4. The van der Waals surface area contributed by atoms with Crippen molar-refractivity contribution in [3.63, 3.8) is 0 Å². The molecule has 4 rings (SSSR count). The van der Waals surface area contributed by atoms with Crippen LogP contribution in [0.5, 0.6) is 17.4 Å². The zero-order valence-corrected chi connectivity index (χ0v) is 18.6. The third-order valence-electron chi connectivity index (χ3n) is 5.58. The quantitative estimate of drug-likeness (QED) is 0.596. The Labute approximate surface area is 187 Å². The maximum atomic E-state index is 9.94. The number of benzene rings is 2. The summed E-state index contributed by atoms with van der Waals surface area (Å²) in [4.78, 5) is 0. The number of ether oxygens (including phenoxy) is 3. The van der Waals surface area contributed by atoms with Crippen LogP contribution in [0.25, 0.3) is 11.3 Å². The van der Waals surface area contributed by atoms with Gasteiger partial charge in [0.25, 0.3) is 0 Å². The predicted molar refractivity (Wildman–Crippen MR) is 121 cm³/mol. The van der Waals surface area contributed by atoms with Crippen LogP contribution in [-0.2, 0) is 6.42 Å². The molecule has 2 heterocycles. The number of nitrogens with two attached hydrogens (primary N) is 1. The molecule has 1 aliphatic heterocycles. The fourth-order valence-electron chi connectivity index (χ4n) is 4.11. The Kier molecular flexibility index (Phi) is 5.78. The summed E-state index contributed by atoms with van der Waals surface area (Å²) in [7, 11) is 3.18. The van der Waals surface area contributed by atoms with Gasteiger partial charge in [0, 0.05) is 17.2 Å². The molecule has 3 aromatic rings. The van der Waals surface area contributed by atoms with Gasteiger partial charge in [-0.05, 0) is 24.0 Å². The van der Waals surface area contributed by atoms with Crippen molar-refractivity contribution in [2.75, 3.05) is 14.2 Å². The van der Waals surface area contributed by atoms with Crippen molar-refractivity contribution < 1.29 is 14.2 Å². The number of rotatable bonds is 6. The molecule has 2 aromatic carbocycles. The highest BCUT2D eigenvalue weighted by atomic mass is 16.5. The molecule has 3 N–H and O–H groups in total. The Morgan fingerprint density at radius 2 is 1.91 bits per heavy atom. The number of H-pyrrole nitrogens is 1. The topological polar surface area (TPSA) is 106 Å². The molecule has 0 saturated heterocycles. The van der Waals surface area contributed by atoms with Gasteiger partial charge in [-0.15, -0.1) is 5.10 Å². The summed E-state index contributed by atoms with van der Waals surface area (Å²) >= 11 is 0. The van der Waals surface area contributed by atoms with Gasteiger partial charge in [0.1, 0.15) is 23.1 Å². The number of hydrogen-bond acceptors (Lipinski definition) is 6. The lowest BCUT2D eigenvalue weighted by Crippen LogP contribution is -2.21. The number of allylic oxidation sites excluding steroid dienone is 1. The maximum Gasteiger partial charge on any atom is 0.244 e. The van der Waals surface area contributed by atoms with Crippen molar-refractivity contribution in [1.29, 1.82) is 5.26 Å². The summed E-state index contributed by atoms with van der Waals surface area (Å²) in [5.41, 5.74) is 10.9. The van der Waals surface area contributed by atoms with Gasteiger partial charge in [-0.3, -0.25) is 5.10 Å². The van der Waals surface area contributed by atoms with Gasteiger partial charge in [-0.25, -0.2) is 0 Å². The van der Waals surface area contributed by atoms with Gasteiger partial charge in [0.2, 0.25) is 11.8 Å². The number of aromatic nitrogens is 2. The van der Waals surface area contributed by atoms with Gasteiger partial charge < -0.3 is 19.9 Å². The highest BCUT2D eigenvalue weighted by molar-refractivity contribution is 5.72. The molecular formula is C25H26N4O3. The van der Waals surface area contributed by atoms with Gasteiger partial charge in [0.15, 0.2) is 0 Å². The molecule has 0 unspecified atom stereocenters. The molecule has 0 aliphatic carbocycles. The Morgan fingerprint density at radius 3 is 2.53 bits per heavy atom. The summed E-state index contributed by atoms with van der Waals surface area (Å²) in [5, 5.41) is 17.4. The Morgan fingerprint density at radius 1 is 1.16 bits per heavy atom. The van der Waals surface area contributed by atoms with Gasteiger partial charge in [-0.2, -0.15) is 5.26 Å². The molecule has 0 bridgehead atoms. The Bertz CT molecular complexity index is 1200. The fraction of sp³-hybridized carbons (Fsp3) is 0.280. The second-order valence-electron chi connectivity index (χ2n) is 8.15. The van der Waals surface area contributed by atoms with Crippen molar-refractivity contribution in [1.82, 2.24) is 10.2 Å². The first kappa shape index (κ1) is 21.3. The number of nitrogens with one attached hydrogen (secondary N) is 1. The lowest BCUT2D eigenvalue weighted by atomic mass is 9.82. The van der Waals surface area contributed by atoms with Crippen LogP contribution in [0.4, 0.5) is 0 Å². The average Bonchev–Trinajstić information content (AvgIpc) is 3.21. The third kappa shape index (κ3) is 3.76. The molecule has 164 valence electrons. The van der Waals surface area contributed by atoms with Crippen molar-refractivity contribution in [2.45, 2.75) is 26.2 Å². The van der Waals surface area contributed by atoms with Crippen LogP contribution in [0.2, 0.25) is 0 Å². The molecule has 0 fully saturated rings. The third-order valence-corrected chi connectivity index (χ3v) is 5.58. The van der Waals surface area contributed by atoms with E-state index in [4.69, 9.17) is 19.9 Å². The molecular weight excluding hydrogens is 404 g/mol. The van der Waals surface area contributed by atoms with Gasteiger partial charge in [0.05, 0.1) is 31.4 Å². The number of methoxy groups -OCH3 is 2. The van der Waals surface area contributed by atoms with Crippen LogP contribution in [0.3, 0.4) is 0 Å². The van der Waals surface area contributed by atoms with Crippen LogP contribution < -0.4 is 19.9 Å². The molecule has 7 heteroatoms. The molecule has 1 aliphatic rings. The van der Waals surface area contributed by atoms with Crippen molar-refractivity contribution in [3.05, 3.63) is 70.6 Å². The molecule has 32 heavy (non-hydrogen) atoms. The summed E-state index contributed by atoms with van der Waals surface area (Å²) in [6.45, 7) is 4.40. The number of hydrogen-bond donors (Lipinski definition) is 2. The smallest absolute Gasteiger partial charge is 0.244 e. The first-order valence-electron chi connectivity index (χ1n) is 10.4.